The zero-order chi connectivity index (χ0) is 32.7. The number of anilines is 1. The molecule has 0 bridgehead atoms. The summed E-state index contributed by atoms with van der Waals surface area (Å²) in [6, 6.07) is 16.6. The standard InChI is InChI=1S/C32H40ClN3O7S/c1-8-43-26-14-12-25(13-15-26)36(44(39,40)27-16-17-28(41-6)29(19-27)42-7)21-30(37)35(20-23-10-9-11-24(33)18-23)22(2)31(38)34-32(3,4)5/h9-19,22H,8,20-21H2,1-7H3,(H,34,38). The highest BCUT2D eigenvalue weighted by Crippen LogP contribution is 2.33. The van der Waals surface area contributed by atoms with Crippen LogP contribution in [0.4, 0.5) is 5.69 Å². The lowest BCUT2D eigenvalue weighted by molar-refractivity contribution is -0.140. The van der Waals surface area contributed by atoms with Crippen LogP contribution < -0.4 is 23.8 Å². The Labute approximate surface area is 264 Å². The van der Waals surface area contributed by atoms with Gasteiger partial charge in [0.1, 0.15) is 18.3 Å². The second-order valence-electron chi connectivity index (χ2n) is 11.0. The van der Waals surface area contributed by atoms with Gasteiger partial charge in [0.25, 0.3) is 10.0 Å². The van der Waals surface area contributed by atoms with E-state index in [1.54, 1.807) is 55.5 Å². The van der Waals surface area contributed by atoms with Gasteiger partial charge < -0.3 is 24.4 Å². The Morgan fingerprint density at radius 2 is 1.61 bits per heavy atom. The number of methoxy groups -OCH3 is 2. The van der Waals surface area contributed by atoms with E-state index in [9.17, 15) is 18.0 Å². The van der Waals surface area contributed by atoms with Crippen LogP contribution in [0.2, 0.25) is 5.02 Å². The molecule has 2 amide bonds. The van der Waals surface area contributed by atoms with Crippen molar-refractivity contribution in [2.75, 3.05) is 31.7 Å². The van der Waals surface area contributed by atoms with Crippen molar-refractivity contribution < 1.29 is 32.2 Å². The number of ether oxygens (including phenoxy) is 3. The number of halogens is 1. The molecule has 12 heteroatoms. The summed E-state index contributed by atoms with van der Waals surface area (Å²) < 4.78 is 45.5. The Morgan fingerprint density at radius 3 is 2.18 bits per heavy atom. The Morgan fingerprint density at radius 1 is 0.955 bits per heavy atom. The van der Waals surface area contributed by atoms with E-state index in [0.29, 0.717) is 28.7 Å². The molecule has 0 radical (unpaired) electrons. The van der Waals surface area contributed by atoms with Crippen molar-refractivity contribution in [3.05, 3.63) is 77.3 Å². The number of amides is 2. The summed E-state index contributed by atoms with van der Waals surface area (Å²) in [5.41, 5.74) is 0.351. The highest BCUT2D eigenvalue weighted by atomic mass is 35.5. The second-order valence-corrected chi connectivity index (χ2v) is 13.3. The van der Waals surface area contributed by atoms with Crippen LogP contribution >= 0.6 is 11.6 Å². The van der Waals surface area contributed by atoms with Crippen LogP contribution in [-0.2, 0) is 26.2 Å². The predicted molar refractivity (Wildman–Crippen MR) is 171 cm³/mol. The quantitative estimate of drug-likeness (QED) is 0.269. The third-order valence-electron chi connectivity index (χ3n) is 6.57. The smallest absolute Gasteiger partial charge is 0.264 e. The SMILES string of the molecule is CCOc1ccc(N(CC(=O)N(Cc2cccc(Cl)c2)C(C)C(=O)NC(C)(C)C)S(=O)(=O)c2ccc(OC)c(OC)c2)cc1. The van der Waals surface area contributed by atoms with Crippen LogP contribution in [0.25, 0.3) is 0 Å². The van der Waals surface area contributed by atoms with Crippen molar-refractivity contribution in [3.8, 4) is 17.2 Å². The van der Waals surface area contributed by atoms with Crippen LogP contribution in [0.3, 0.4) is 0 Å². The molecule has 0 heterocycles. The van der Waals surface area contributed by atoms with Gasteiger partial charge in [0.05, 0.1) is 31.4 Å². The fourth-order valence-corrected chi connectivity index (χ4v) is 6.04. The number of hydrogen-bond donors (Lipinski definition) is 1. The zero-order valence-corrected chi connectivity index (χ0v) is 27.7. The van der Waals surface area contributed by atoms with Gasteiger partial charge in [0.15, 0.2) is 11.5 Å². The number of carbonyl (C=O) groups excluding carboxylic acids is 2. The van der Waals surface area contributed by atoms with Gasteiger partial charge in [-0.1, -0.05) is 23.7 Å². The van der Waals surface area contributed by atoms with Crippen LogP contribution in [0.15, 0.2) is 71.6 Å². The van der Waals surface area contributed by atoms with Gasteiger partial charge in [-0.05, 0) is 88.7 Å². The molecular formula is C32H40ClN3O7S. The van der Waals surface area contributed by atoms with Gasteiger partial charge in [-0.25, -0.2) is 8.42 Å². The largest absolute Gasteiger partial charge is 0.494 e. The number of nitrogens with zero attached hydrogens (tertiary/aromatic N) is 2. The van der Waals surface area contributed by atoms with E-state index in [1.165, 1.54) is 37.3 Å². The van der Waals surface area contributed by atoms with Gasteiger partial charge in [0, 0.05) is 23.2 Å². The summed E-state index contributed by atoms with van der Waals surface area (Å²) in [7, 11) is -1.48. The van der Waals surface area contributed by atoms with E-state index in [1.807, 2.05) is 27.7 Å². The molecule has 0 saturated heterocycles. The predicted octanol–water partition coefficient (Wildman–Crippen LogP) is 5.28. The Hall–Kier alpha value is -3.96. The molecular weight excluding hydrogens is 606 g/mol. The summed E-state index contributed by atoms with van der Waals surface area (Å²) >= 11 is 6.21. The van der Waals surface area contributed by atoms with Crippen molar-refractivity contribution in [1.82, 2.24) is 10.2 Å². The van der Waals surface area contributed by atoms with Gasteiger partial charge in [0.2, 0.25) is 11.8 Å². The average molecular weight is 646 g/mol. The lowest BCUT2D eigenvalue weighted by atomic mass is 10.1. The molecule has 0 spiro atoms. The van der Waals surface area contributed by atoms with Crippen molar-refractivity contribution in [2.45, 2.75) is 57.6 Å². The average Bonchev–Trinajstić information content (AvgIpc) is 2.97. The summed E-state index contributed by atoms with van der Waals surface area (Å²) in [4.78, 5) is 28.6. The molecule has 3 aromatic rings. The molecule has 3 rings (SSSR count). The monoisotopic (exact) mass is 645 g/mol. The number of rotatable bonds is 13. The van der Waals surface area contributed by atoms with E-state index in [-0.39, 0.29) is 28.8 Å². The van der Waals surface area contributed by atoms with Crippen molar-refractivity contribution in [1.29, 1.82) is 0 Å². The summed E-state index contributed by atoms with van der Waals surface area (Å²) in [5, 5.41) is 3.37. The summed E-state index contributed by atoms with van der Waals surface area (Å²) in [6.45, 7) is 8.81. The van der Waals surface area contributed by atoms with E-state index in [4.69, 9.17) is 25.8 Å². The van der Waals surface area contributed by atoms with Gasteiger partial charge in [-0.2, -0.15) is 0 Å². The van der Waals surface area contributed by atoms with E-state index in [0.717, 1.165) is 4.31 Å². The number of nitrogens with one attached hydrogen (secondary N) is 1. The fraction of sp³-hybridized carbons (Fsp3) is 0.375. The Bertz CT molecular complexity index is 1560. The molecule has 0 saturated carbocycles. The van der Waals surface area contributed by atoms with Gasteiger partial charge in [-0.15, -0.1) is 0 Å². The number of hydrogen-bond acceptors (Lipinski definition) is 7. The summed E-state index contributed by atoms with van der Waals surface area (Å²) in [5.74, 6) is 0.118. The molecule has 0 aliphatic rings. The molecule has 44 heavy (non-hydrogen) atoms. The third kappa shape index (κ3) is 8.79. The lowest BCUT2D eigenvalue weighted by Gasteiger charge is -2.33. The normalized spacial score (nSPS) is 12.2. The van der Waals surface area contributed by atoms with Gasteiger partial charge in [-0.3, -0.25) is 13.9 Å². The van der Waals surface area contributed by atoms with Gasteiger partial charge >= 0.3 is 0 Å². The maximum atomic E-state index is 14.2. The molecule has 0 aliphatic carbocycles. The molecule has 0 aliphatic heterocycles. The summed E-state index contributed by atoms with van der Waals surface area (Å²) in [6.07, 6.45) is 0. The maximum Gasteiger partial charge on any atom is 0.264 e. The Kier molecular flexibility index (Phi) is 11.5. The third-order valence-corrected chi connectivity index (χ3v) is 8.57. The second kappa shape index (κ2) is 14.7. The first kappa shape index (κ1) is 34.5. The van der Waals surface area contributed by atoms with Crippen molar-refractivity contribution in [3.63, 3.8) is 0 Å². The van der Waals surface area contributed by atoms with Crippen LogP contribution in [-0.4, -0.2) is 64.1 Å². The lowest BCUT2D eigenvalue weighted by Crippen LogP contribution is -2.54. The van der Waals surface area contributed by atoms with Crippen LogP contribution in [0.5, 0.6) is 17.2 Å². The molecule has 0 aromatic heterocycles. The van der Waals surface area contributed by atoms with E-state index < -0.39 is 34.1 Å². The first-order chi connectivity index (χ1) is 20.7. The minimum atomic E-state index is -4.33. The minimum absolute atomic E-state index is 0.0195. The number of carbonyl (C=O) groups is 2. The molecule has 1 unspecified atom stereocenters. The number of sulfonamides is 1. The molecule has 3 aromatic carbocycles. The minimum Gasteiger partial charge on any atom is -0.494 e. The number of benzene rings is 3. The van der Waals surface area contributed by atoms with Crippen LogP contribution in [0, 0.1) is 0 Å². The zero-order valence-electron chi connectivity index (χ0n) is 26.1. The Balaban J connectivity index is 2.09. The topological polar surface area (TPSA) is 114 Å². The first-order valence-corrected chi connectivity index (χ1v) is 15.9. The highest BCUT2D eigenvalue weighted by molar-refractivity contribution is 7.92. The van der Waals surface area contributed by atoms with Crippen LogP contribution in [0.1, 0.15) is 40.2 Å². The van der Waals surface area contributed by atoms with E-state index >= 15 is 0 Å². The molecule has 1 atom stereocenters. The molecule has 238 valence electrons. The highest BCUT2D eigenvalue weighted by Gasteiger charge is 2.34. The molecule has 10 nitrogen and oxygen atoms in total. The molecule has 0 fully saturated rings. The van der Waals surface area contributed by atoms with Crippen molar-refractivity contribution in [2.24, 2.45) is 0 Å². The van der Waals surface area contributed by atoms with E-state index in [2.05, 4.69) is 5.32 Å². The van der Waals surface area contributed by atoms with Crippen molar-refractivity contribution >= 4 is 39.1 Å². The first-order valence-electron chi connectivity index (χ1n) is 14.0. The maximum absolute atomic E-state index is 14.2. The molecule has 1 N–H and O–H groups in total. The fourth-order valence-electron chi connectivity index (χ4n) is 4.40.